The van der Waals surface area contributed by atoms with Gasteiger partial charge in [-0.25, -0.2) is 17.8 Å². The topological polar surface area (TPSA) is 107 Å². The van der Waals surface area contributed by atoms with Gasteiger partial charge in [-0.3, -0.25) is 9.52 Å². The van der Waals surface area contributed by atoms with Crippen LogP contribution in [0.2, 0.25) is 10.0 Å². The van der Waals surface area contributed by atoms with Gasteiger partial charge in [0.25, 0.3) is 10.0 Å². The largest absolute Gasteiger partial charge is 0.465 e. The second-order valence-corrected chi connectivity index (χ2v) is 10.5. The third-order valence-electron chi connectivity index (χ3n) is 4.55. The minimum atomic E-state index is -4.24. The third-order valence-corrected chi connectivity index (χ3v) is 7.25. The first-order valence-electron chi connectivity index (χ1n) is 10.4. The van der Waals surface area contributed by atoms with Crippen LogP contribution >= 0.6 is 34.5 Å². The number of aromatic nitrogens is 1. The highest BCUT2D eigenvalue weighted by Gasteiger charge is 2.23. The van der Waals surface area contributed by atoms with Crippen molar-refractivity contribution in [3.63, 3.8) is 0 Å². The standard InChI is InChI=1S/C22H22Cl2FN3O5S2/c1-2-32-21(29)13-26-7-3-4-14-10-15(23)5-6-18(14)33-19-12-17(25)20(11-16(19)24)35(30,31)28-22-27-8-9-34-22/h5-6,8-12,26H,2-4,7,13H2,1H3,(H,27,28). The van der Waals surface area contributed by atoms with E-state index in [0.29, 0.717) is 36.8 Å². The molecular formula is C22H22Cl2FN3O5S2. The second-order valence-electron chi connectivity index (χ2n) is 7.10. The van der Waals surface area contributed by atoms with Crippen molar-refractivity contribution >= 4 is 55.7 Å². The van der Waals surface area contributed by atoms with E-state index in [0.717, 1.165) is 29.0 Å². The number of hydrogen-bond acceptors (Lipinski definition) is 8. The summed E-state index contributed by atoms with van der Waals surface area (Å²) in [6.45, 7) is 2.71. The number of hydrogen-bond donors (Lipinski definition) is 2. The number of carbonyl (C=O) groups is 1. The van der Waals surface area contributed by atoms with Gasteiger partial charge >= 0.3 is 5.97 Å². The highest BCUT2D eigenvalue weighted by molar-refractivity contribution is 7.93. The molecule has 0 radical (unpaired) electrons. The van der Waals surface area contributed by atoms with Crippen molar-refractivity contribution in [1.82, 2.24) is 10.3 Å². The van der Waals surface area contributed by atoms with Gasteiger partial charge in [-0.05, 0) is 56.1 Å². The molecule has 0 saturated carbocycles. The van der Waals surface area contributed by atoms with Gasteiger partial charge in [0.2, 0.25) is 0 Å². The third kappa shape index (κ3) is 7.77. The number of esters is 1. The number of thiazole rings is 1. The van der Waals surface area contributed by atoms with Gasteiger partial charge in [-0.15, -0.1) is 11.3 Å². The summed E-state index contributed by atoms with van der Waals surface area (Å²) in [6.07, 6.45) is 2.61. The Labute approximate surface area is 216 Å². The molecular weight excluding hydrogens is 540 g/mol. The summed E-state index contributed by atoms with van der Waals surface area (Å²) in [5, 5.41) is 5.06. The molecule has 2 N–H and O–H groups in total. The zero-order valence-electron chi connectivity index (χ0n) is 18.5. The van der Waals surface area contributed by atoms with Crippen LogP contribution in [0.4, 0.5) is 9.52 Å². The van der Waals surface area contributed by atoms with Crippen molar-refractivity contribution < 1.29 is 27.1 Å². The molecule has 13 heteroatoms. The number of ether oxygens (including phenoxy) is 2. The van der Waals surface area contributed by atoms with E-state index in [9.17, 15) is 17.6 Å². The molecule has 0 spiro atoms. The Morgan fingerprint density at radius 2 is 2.00 bits per heavy atom. The Bertz CT molecular complexity index is 1270. The van der Waals surface area contributed by atoms with Gasteiger partial charge in [-0.2, -0.15) is 0 Å². The number of aryl methyl sites for hydroxylation is 1. The summed E-state index contributed by atoms with van der Waals surface area (Å²) in [6, 6.07) is 6.84. The van der Waals surface area contributed by atoms with Crippen LogP contribution in [0, 0.1) is 5.82 Å². The molecule has 1 aromatic heterocycles. The Kier molecular flexibility index (Phi) is 9.70. The molecule has 2 aromatic carbocycles. The van der Waals surface area contributed by atoms with Crippen LogP contribution in [0.3, 0.4) is 0 Å². The van der Waals surface area contributed by atoms with Crippen LogP contribution in [-0.4, -0.2) is 39.1 Å². The van der Waals surface area contributed by atoms with Crippen LogP contribution in [0.25, 0.3) is 0 Å². The molecule has 0 saturated heterocycles. The molecule has 3 rings (SSSR count). The monoisotopic (exact) mass is 561 g/mol. The fourth-order valence-corrected chi connectivity index (χ4v) is 5.34. The van der Waals surface area contributed by atoms with Gasteiger partial charge in [0.1, 0.15) is 22.2 Å². The molecule has 1 heterocycles. The van der Waals surface area contributed by atoms with Crippen molar-refractivity contribution in [1.29, 1.82) is 0 Å². The molecule has 0 unspecified atom stereocenters. The predicted octanol–water partition coefficient (Wildman–Crippen LogP) is 5.27. The smallest absolute Gasteiger partial charge is 0.319 e. The van der Waals surface area contributed by atoms with E-state index in [1.807, 2.05) is 0 Å². The normalized spacial score (nSPS) is 11.3. The SMILES string of the molecule is CCOC(=O)CNCCCc1cc(Cl)ccc1Oc1cc(F)c(S(=O)(=O)Nc2nccs2)cc1Cl. The number of halogens is 3. The van der Waals surface area contributed by atoms with Crippen LogP contribution in [0.15, 0.2) is 46.8 Å². The van der Waals surface area contributed by atoms with Crippen LogP contribution in [-0.2, 0) is 26.0 Å². The van der Waals surface area contributed by atoms with Crippen LogP contribution in [0.5, 0.6) is 11.5 Å². The zero-order valence-corrected chi connectivity index (χ0v) is 21.7. The maximum Gasteiger partial charge on any atom is 0.319 e. The van der Waals surface area contributed by atoms with Crippen molar-refractivity contribution in [3.05, 3.63) is 63.3 Å². The number of nitrogens with one attached hydrogen (secondary N) is 2. The highest BCUT2D eigenvalue weighted by Crippen LogP contribution is 2.36. The van der Waals surface area contributed by atoms with Crippen molar-refractivity contribution in [2.45, 2.75) is 24.7 Å². The first-order chi connectivity index (χ1) is 16.7. The van der Waals surface area contributed by atoms with E-state index in [-0.39, 0.29) is 28.4 Å². The van der Waals surface area contributed by atoms with Gasteiger partial charge in [0.15, 0.2) is 5.13 Å². The van der Waals surface area contributed by atoms with Crippen molar-refractivity contribution in [2.75, 3.05) is 24.4 Å². The summed E-state index contributed by atoms with van der Waals surface area (Å²) in [5.41, 5.74) is 0.731. The quantitative estimate of drug-likeness (QED) is 0.229. The maximum absolute atomic E-state index is 14.8. The second kappa shape index (κ2) is 12.5. The zero-order chi connectivity index (χ0) is 25.4. The van der Waals surface area contributed by atoms with E-state index in [1.54, 1.807) is 30.5 Å². The molecule has 0 fully saturated rings. The van der Waals surface area contributed by atoms with Crippen LogP contribution in [0.1, 0.15) is 18.9 Å². The highest BCUT2D eigenvalue weighted by atomic mass is 35.5. The summed E-state index contributed by atoms with van der Waals surface area (Å²) in [4.78, 5) is 14.6. The maximum atomic E-state index is 14.8. The Morgan fingerprint density at radius 3 is 2.71 bits per heavy atom. The number of sulfonamides is 1. The first kappa shape index (κ1) is 27.2. The molecule has 8 nitrogen and oxygen atoms in total. The summed E-state index contributed by atoms with van der Waals surface area (Å²) < 4.78 is 52.8. The molecule has 3 aromatic rings. The fourth-order valence-electron chi connectivity index (χ4n) is 3.01. The summed E-state index contributed by atoms with van der Waals surface area (Å²) >= 11 is 13.4. The number of rotatable bonds is 12. The number of carbonyl (C=O) groups excluding carboxylic acids is 1. The minimum absolute atomic E-state index is 0.0543. The van der Waals surface area contributed by atoms with Crippen molar-refractivity contribution in [2.24, 2.45) is 0 Å². The lowest BCUT2D eigenvalue weighted by Gasteiger charge is -2.14. The average molecular weight is 562 g/mol. The first-order valence-corrected chi connectivity index (χ1v) is 13.6. The fraction of sp³-hybridized carbons (Fsp3) is 0.273. The molecule has 35 heavy (non-hydrogen) atoms. The van der Waals surface area contributed by atoms with Gasteiger partial charge in [0.05, 0.1) is 18.2 Å². The summed E-state index contributed by atoms with van der Waals surface area (Å²) in [7, 11) is -4.24. The predicted molar refractivity (Wildman–Crippen MR) is 134 cm³/mol. The number of nitrogens with zero attached hydrogens (tertiary/aromatic N) is 1. The van der Waals surface area contributed by atoms with Crippen molar-refractivity contribution in [3.8, 4) is 11.5 Å². The minimum Gasteiger partial charge on any atom is -0.465 e. The molecule has 0 aliphatic rings. The molecule has 0 aliphatic heterocycles. The Morgan fingerprint density at radius 1 is 1.20 bits per heavy atom. The average Bonchev–Trinajstić information content (AvgIpc) is 3.29. The molecule has 0 atom stereocenters. The number of benzene rings is 2. The van der Waals surface area contributed by atoms with E-state index in [2.05, 4.69) is 15.0 Å². The molecule has 0 aliphatic carbocycles. The Hall–Kier alpha value is -2.44. The van der Waals surface area contributed by atoms with Gasteiger partial charge < -0.3 is 14.8 Å². The van der Waals surface area contributed by atoms with Gasteiger partial charge in [0, 0.05) is 22.7 Å². The molecule has 188 valence electrons. The van der Waals surface area contributed by atoms with E-state index < -0.39 is 20.7 Å². The lowest BCUT2D eigenvalue weighted by molar-refractivity contribution is -0.141. The summed E-state index contributed by atoms with van der Waals surface area (Å²) in [5.74, 6) is -1.03. The van der Waals surface area contributed by atoms with E-state index in [4.69, 9.17) is 32.7 Å². The van der Waals surface area contributed by atoms with E-state index >= 15 is 0 Å². The van der Waals surface area contributed by atoms with Gasteiger partial charge in [-0.1, -0.05) is 23.2 Å². The number of anilines is 1. The van der Waals surface area contributed by atoms with E-state index in [1.165, 1.54) is 6.20 Å². The lowest BCUT2D eigenvalue weighted by atomic mass is 10.1. The Balaban J connectivity index is 1.72. The molecule has 0 amide bonds. The lowest BCUT2D eigenvalue weighted by Crippen LogP contribution is -2.25. The molecule has 0 bridgehead atoms. The van der Waals surface area contributed by atoms with Crippen LogP contribution < -0.4 is 14.8 Å².